The molecule has 0 saturated carbocycles. The van der Waals surface area contributed by atoms with E-state index in [0.717, 1.165) is 32.2 Å². The van der Waals surface area contributed by atoms with Gasteiger partial charge in [0.15, 0.2) is 0 Å². The van der Waals surface area contributed by atoms with E-state index in [1.54, 1.807) is 0 Å². The van der Waals surface area contributed by atoms with E-state index in [-0.39, 0.29) is 5.54 Å². The summed E-state index contributed by atoms with van der Waals surface area (Å²) in [6, 6.07) is 21.2. The molecule has 0 heterocycles. The quantitative estimate of drug-likeness (QED) is 0.736. The molecule has 0 spiro atoms. The third kappa shape index (κ3) is 4.97. The molecule has 3 N–H and O–H groups in total. The Hall–Kier alpha value is -1.64. The van der Waals surface area contributed by atoms with Crippen LogP contribution in [0.15, 0.2) is 60.7 Å². The van der Waals surface area contributed by atoms with Crippen molar-refractivity contribution in [2.75, 3.05) is 6.54 Å². The van der Waals surface area contributed by atoms with E-state index in [9.17, 15) is 0 Å². The maximum Gasteiger partial charge on any atom is 0.0310 e. The van der Waals surface area contributed by atoms with Crippen LogP contribution >= 0.6 is 0 Å². The average molecular weight is 296 g/mol. The summed E-state index contributed by atoms with van der Waals surface area (Å²) in [6.07, 6.45) is 4.41. The minimum absolute atomic E-state index is 0.0282. The fraction of sp³-hybridized carbons (Fsp3) is 0.400. The molecule has 1 atom stereocenters. The van der Waals surface area contributed by atoms with Gasteiger partial charge in [-0.05, 0) is 30.4 Å². The monoisotopic (exact) mass is 296 g/mol. The molecule has 0 aliphatic heterocycles. The van der Waals surface area contributed by atoms with Crippen molar-refractivity contribution in [3.8, 4) is 0 Å². The van der Waals surface area contributed by atoms with E-state index in [2.05, 4.69) is 72.9 Å². The zero-order valence-electron chi connectivity index (χ0n) is 13.6. The van der Waals surface area contributed by atoms with Crippen LogP contribution in [0, 0.1) is 0 Å². The zero-order chi connectivity index (χ0) is 15.7. The van der Waals surface area contributed by atoms with Crippen molar-refractivity contribution in [2.45, 2.75) is 44.7 Å². The highest BCUT2D eigenvalue weighted by molar-refractivity contribution is 5.17. The molecule has 0 aromatic heterocycles. The second-order valence-corrected chi connectivity index (χ2v) is 6.06. The van der Waals surface area contributed by atoms with Gasteiger partial charge in [0, 0.05) is 18.6 Å². The Morgan fingerprint density at radius 2 is 1.45 bits per heavy atom. The van der Waals surface area contributed by atoms with Crippen LogP contribution < -0.4 is 11.1 Å². The van der Waals surface area contributed by atoms with Gasteiger partial charge in [0.25, 0.3) is 0 Å². The first-order valence-corrected chi connectivity index (χ1v) is 8.31. The molecule has 22 heavy (non-hydrogen) atoms. The summed E-state index contributed by atoms with van der Waals surface area (Å²) >= 11 is 0. The Morgan fingerprint density at radius 1 is 0.864 bits per heavy atom. The van der Waals surface area contributed by atoms with Gasteiger partial charge in [0.1, 0.15) is 0 Å². The fourth-order valence-corrected chi connectivity index (χ4v) is 2.97. The third-order valence-corrected chi connectivity index (χ3v) is 4.36. The summed E-state index contributed by atoms with van der Waals surface area (Å²) in [5, 5.41) is 3.75. The van der Waals surface area contributed by atoms with Crippen LogP contribution in [0.4, 0.5) is 0 Å². The summed E-state index contributed by atoms with van der Waals surface area (Å²) in [5.41, 5.74) is 8.89. The number of benzene rings is 2. The van der Waals surface area contributed by atoms with Gasteiger partial charge >= 0.3 is 0 Å². The second kappa shape index (κ2) is 8.72. The fourth-order valence-electron chi connectivity index (χ4n) is 2.97. The molecule has 2 aromatic rings. The Kier molecular flexibility index (Phi) is 6.63. The normalized spacial score (nSPS) is 13.7. The predicted octanol–water partition coefficient (Wildman–Crippen LogP) is 3.91. The van der Waals surface area contributed by atoms with E-state index in [1.165, 1.54) is 11.1 Å². The van der Waals surface area contributed by atoms with Gasteiger partial charge in [-0.15, -0.1) is 0 Å². The van der Waals surface area contributed by atoms with Crippen molar-refractivity contribution in [3.05, 3.63) is 71.8 Å². The molecule has 0 bridgehead atoms. The molecular weight excluding hydrogens is 268 g/mol. The van der Waals surface area contributed by atoms with Gasteiger partial charge in [-0.2, -0.15) is 0 Å². The third-order valence-electron chi connectivity index (χ3n) is 4.36. The first-order chi connectivity index (χ1) is 10.8. The minimum Gasteiger partial charge on any atom is -0.329 e. The molecule has 118 valence electrons. The molecule has 0 amide bonds. The van der Waals surface area contributed by atoms with Crippen molar-refractivity contribution >= 4 is 0 Å². The molecule has 0 radical (unpaired) electrons. The maximum atomic E-state index is 6.16. The lowest BCUT2D eigenvalue weighted by molar-refractivity contribution is 0.283. The summed E-state index contributed by atoms with van der Waals surface area (Å²) in [5.74, 6) is 0. The summed E-state index contributed by atoms with van der Waals surface area (Å²) in [7, 11) is 0. The maximum absolute atomic E-state index is 6.16. The Balaban J connectivity index is 1.99. The van der Waals surface area contributed by atoms with Gasteiger partial charge in [0.05, 0.1) is 0 Å². The summed E-state index contributed by atoms with van der Waals surface area (Å²) in [4.78, 5) is 0. The van der Waals surface area contributed by atoms with E-state index in [4.69, 9.17) is 5.73 Å². The molecule has 2 heteroatoms. The lowest BCUT2D eigenvalue weighted by atomic mass is 9.86. The van der Waals surface area contributed by atoms with Crippen molar-refractivity contribution < 1.29 is 0 Å². The Labute approximate surface area is 134 Å². The lowest BCUT2D eigenvalue weighted by Crippen LogP contribution is -2.51. The van der Waals surface area contributed by atoms with E-state index in [1.807, 2.05) is 0 Å². The van der Waals surface area contributed by atoms with Gasteiger partial charge in [-0.1, -0.05) is 74.0 Å². The van der Waals surface area contributed by atoms with E-state index < -0.39 is 0 Å². The van der Waals surface area contributed by atoms with E-state index >= 15 is 0 Å². The smallest absolute Gasteiger partial charge is 0.0310 e. The number of hydrogen-bond acceptors (Lipinski definition) is 2. The highest BCUT2D eigenvalue weighted by Crippen LogP contribution is 2.20. The molecule has 1 unspecified atom stereocenters. The first kappa shape index (κ1) is 16.7. The number of hydrogen-bond donors (Lipinski definition) is 2. The second-order valence-electron chi connectivity index (χ2n) is 6.06. The molecule has 2 nitrogen and oxygen atoms in total. The number of aryl methyl sites for hydroxylation is 1. The molecular formula is C20H28N2. The molecule has 2 aromatic carbocycles. The summed E-state index contributed by atoms with van der Waals surface area (Å²) < 4.78 is 0. The van der Waals surface area contributed by atoms with Gasteiger partial charge in [-0.3, -0.25) is 0 Å². The molecule has 0 fully saturated rings. The SMILES string of the molecule is CCCC(CN)(CCc1ccccc1)NCc1ccccc1. The predicted molar refractivity (Wildman–Crippen MR) is 94.7 cm³/mol. The Morgan fingerprint density at radius 3 is 2.00 bits per heavy atom. The molecule has 0 aliphatic carbocycles. The first-order valence-electron chi connectivity index (χ1n) is 8.31. The standard InChI is InChI=1S/C20H28N2/c1-2-14-20(17-21,15-13-18-9-5-3-6-10-18)22-16-19-11-7-4-8-12-19/h3-12,22H,2,13-17,21H2,1H3. The molecule has 2 rings (SSSR count). The van der Waals surface area contributed by atoms with Crippen molar-refractivity contribution in [2.24, 2.45) is 5.73 Å². The van der Waals surface area contributed by atoms with Crippen LogP contribution in [0.5, 0.6) is 0 Å². The van der Waals surface area contributed by atoms with Gasteiger partial charge in [-0.25, -0.2) is 0 Å². The lowest BCUT2D eigenvalue weighted by Gasteiger charge is -2.34. The Bertz CT molecular complexity index is 478. The van der Waals surface area contributed by atoms with Crippen LogP contribution in [-0.4, -0.2) is 12.1 Å². The largest absolute Gasteiger partial charge is 0.329 e. The van der Waals surface area contributed by atoms with Gasteiger partial charge in [0.2, 0.25) is 0 Å². The number of nitrogens with one attached hydrogen (secondary N) is 1. The van der Waals surface area contributed by atoms with Crippen molar-refractivity contribution in [1.29, 1.82) is 0 Å². The van der Waals surface area contributed by atoms with Crippen molar-refractivity contribution in [3.63, 3.8) is 0 Å². The molecule has 0 saturated heterocycles. The summed E-state index contributed by atoms with van der Waals surface area (Å²) in [6.45, 7) is 3.80. The van der Waals surface area contributed by atoms with Crippen LogP contribution in [0.1, 0.15) is 37.3 Å². The number of rotatable bonds is 9. The number of nitrogens with two attached hydrogens (primary N) is 1. The van der Waals surface area contributed by atoms with Crippen LogP contribution in [-0.2, 0) is 13.0 Å². The highest BCUT2D eigenvalue weighted by Gasteiger charge is 2.26. The van der Waals surface area contributed by atoms with Crippen LogP contribution in [0.2, 0.25) is 0 Å². The van der Waals surface area contributed by atoms with E-state index in [0.29, 0.717) is 6.54 Å². The van der Waals surface area contributed by atoms with Crippen LogP contribution in [0.25, 0.3) is 0 Å². The molecule has 0 aliphatic rings. The topological polar surface area (TPSA) is 38.0 Å². The van der Waals surface area contributed by atoms with Gasteiger partial charge < -0.3 is 11.1 Å². The van der Waals surface area contributed by atoms with Crippen LogP contribution in [0.3, 0.4) is 0 Å². The highest BCUT2D eigenvalue weighted by atomic mass is 15.0. The minimum atomic E-state index is 0.0282. The zero-order valence-corrected chi connectivity index (χ0v) is 13.6. The average Bonchev–Trinajstić information content (AvgIpc) is 2.59. The van der Waals surface area contributed by atoms with Crippen molar-refractivity contribution in [1.82, 2.24) is 5.32 Å².